The van der Waals surface area contributed by atoms with Gasteiger partial charge in [0.1, 0.15) is 11.5 Å². The van der Waals surface area contributed by atoms with Crippen LogP contribution in [0.2, 0.25) is 0 Å². The Hall–Kier alpha value is -3.02. The fourth-order valence-corrected chi connectivity index (χ4v) is 3.36. The monoisotopic (exact) mass is 368 g/mol. The third-order valence-electron chi connectivity index (χ3n) is 4.90. The number of carbonyl (C=O) groups is 2. The number of benzene rings is 2. The van der Waals surface area contributed by atoms with Crippen molar-refractivity contribution in [3.05, 3.63) is 47.5 Å². The second-order valence-electron chi connectivity index (χ2n) is 6.70. The molecule has 1 unspecified atom stereocenters. The molecule has 0 aromatic heterocycles. The molecule has 1 saturated heterocycles. The molecule has 6 nitrogen and oxygen atoms in total. The molecule has 1 N–H and O–H groups in total. The first-order valence-electron chi connectivity index (χ1n) is 8.84. The molecule has 0 radical (unpaired) electrons. The second-order valence-corrected chi connectivity index (χ2v) is 6.70. The van der Waals surface area contributed by atoms with Gasteiger partial charge >= 0.3 is 0 Å². The first-order chi connectivity index (χ1) is 12.9. The summed E-state index contributed by atoms with van der Waals surface area (Å²) < 4.78 is 10.6. The van der Waals surface area contributed by atoms with Crippen molar-refractivity contribution in [3.63, 3.8) is 0 Å². The molecular weight excluding hydrogens is 344 g/mol. The SMILES string of the molecule is COc1ccc(N2CC(C(=O)Nc3c(C)cccc3C)CC2=O)c(OC)c1. The molecule has 0 spiro atoms. The summed E-state index contributed by atoms with van der Waals surface area (Å²) in [5, 5.41) is 2.99. The molecule has 2 aromatic carbocycles. The standard InChI is InChI=1S/C21H24N2O4/c1-13-6-5-7-14(2)20(13)22-21(25)15-10-19(24)23(12-15)17-9-8-16(26-3)11-18(17)27-4/h5-9,11,15H,10,12H2,1-4H3,(H,22,25). The molecule has 0 saturated carbocycles. The Morgan fingerprint density at radius 2 is 1.81 bits per heavy atom. The summed E-state index contributed by atoms with van der Waals surface area (Å²) in [6, 6.07) is 11.1. The van der Waals surface area contributed by atoms with Crippen molar-refractivity contribution in [2.75, 3.05) is 31.0 Å². The summed E-state index contributed by atoms with van der Waals surface area (Å²) in [5.74, 6) is 0.532. The largest absolute Gasteiger partial charge is 0.497 e. The number of hydrogen-bond acceptors (Lipinski definition) is 4. The number of aryl methyl sites for hydroxylation is 2. The van der Waals surface area contributed by atoms with Crippen molar-refractivity contribution in [3.8, 4) is 11.5 Å². The highest BCUT2D eigenvalue weighted by molar-refractivity contribution is 6.04. The number of anilines is 2. The van der Waals surface area contributed by atoms with Crippen LogP contribution in [0.25, 0.3) is 0 Å². The van der Waals surface area contributed by atoms with E-state index in [9.17, 15) is 9.59 Å². The van der Waals surface area contributed by atoms with E-state index in [4.69, 9.17) is 9.47 Å². The maximum absolute atomic E-state index is 12.8. The summed E-state index contributed by atoms with van der Waals surface area (Å²) in [6.45, 7) is 4.23. The molecule has 3 rings (SSSR count). The molecule has 27 heavy (non-hydrogen) atoms. The van der Waals surface area contributed by atoms with Gasteiger partial charge in [-0.1, -0.05) is 18.2 Å². The van der Waals surface area contributed by atoms with Crippen LogP contribution < -0.4 is 19.7 Å². The summed E-state index contributed by atoms with van der Waals surface area (Å²) >= 11 is 0. The summed E-state index contributed by atoms with van der Waals surface area (Å²) in [4.78, 5) is 26.9. The van der Waals surface area contributed by atoms with Crippen molar-refractivity contribution in [2.45, 2.75) is 20.3 Å². The van der Waals surface area contributed by atoms with E-state index < -0.39 is 5.92 Å². The van der Waals surface area contributed by atoms with Crippen LogP contribution in [-0.2, 0) is 9.59 Å². The number of carbonyl (C=O) groups excluding carboxylic acids is 2. The van der Waals surface area contributed by atoms with Gasteiger partial charge in [-0.05, 0) is 37.1 Å². The average Bonchev–Trinajstić information content (AvgIpc) is 3.05. The summed E-state index contributed by atoms with van der Waals surface area (Å²) in [7, 11) is 3.12. The van der Waals surface area contributed by atoms with Crippen LogP contribution in [0.3, 0.4) is 0 Å². The smallest absolute Gasteiger partial charge is 0.229 e. The number of rotatable bonds is 5. The lowest BCUT2D eigenvalue weighted by atomic mass is 10.1. The summed E-state index contributed by atoms with van der Waals surface area (Å²) in [6.07, 6.45) is 0.173. The van der Waals surface area contributed by atoms with Crippen LogP contribution in [0.4, 0.5) is 11.4 Å². The molecule has 1 atom stereocenters. The maximum Gasteiger partial charge on any atom is 0.229 e. The molecule has 6 heteroatoms. The first kappa shape index (κ1) is 18.8. The van der Waals surface area contributed by atoms with Gasteiger partial charge in [0.25, 0.3) is 0 Å². The predicted octanol–water partition coefficient (Wildman–Crippen LogP) is 3.31. The predicted molar refractivity (Wildman–Crippen MR) is 105 cm³/mol. The van der Waals surface area contributed by atoms with Crippen LogP contribution in [-0.4, -0.2) is 32.6 Å². The van der Waals surface area contributed by atoms with Gasteiger partial charge in [-0.15, -0.1) is 0 Å². The van der Waals surface area contributed by atoms with Crippen molar-refractivity contribution >= 4 is 23.2 Å². The van der Waals surface area contributed by atoms with Crippen LogP contribution in [0.15, 0.2) is 36.4 Å². The van der Waals surface area contributed by atoms with Crippen molar-refractivity contribution in [1.29, 1.82) is 0 Å². The number of hydrogen-bond donors (Lipinski definition) is 1. The third-order valence-corrected chi connectivity index (χ3v) is 4.90. The van der Waals surface area contributed by atoms with Gasteiger partial charge < -0.3 is 19.7 Å². The molecule has 2 amide bonds. The molecule has 142 valence electrons. The number of nitrogens with one attached hydrogen (secondary N) is 1. The molecule has 0 aliphatic carbocycles. The quantitative estimate of drug-likeness (QED) is 0.879. The molecule has 0 bridgehead atoms. The second kappa shape index (κ2) is 7.70. The maximum atomic E-state index is 12.8. The lowest BCUT2D eigenvalue weighted by Gasteiger charge is -2.20. The van der Waals surface area contributed by atoms with Gasteiger partial charge in [-0.2, -0.15) is 0 Å². The number of ether oxygens (including phenoxy) is 2. The minimum atomic E-state index is -0.414. The number of amides is 2. The van der Waals surface area contributed by atoms with Crippen LogP contribution in [0.1, 0.15) is 17.5 Å². The Kier molecular flexibility index (Phi) is 5.35. The van der Waals surface area contributed by atoms with Gasteiger partial charge in [-0.3, -0.25) is 9.59 Å². The van der Waals surface area contributed by atoms with Gasteiger partial charge in [0.2, 0.25) is 11.8 Å². The molecule has 1 heterocycles. The van der Waals surface area contributed by atoms with Crippen LogP contribution in [0.5, 0.6) is 11.5 Å². The highest BCUT2D eigenvalue weighted by Crippen LogP contribution is 2.36. The fourth-order valence-electron chi connectivity index (χ4n) is 3.36. The number of para-hydroxylation sites is 1. The fraction of sp³-hybridized carbons (Fsp3) is 0.333. The summed E-state index contributed by atoms with van der Waals surface area (Å²) in [5.41, 5.74) is 3.46. The molecule has 1 fully saturated rings. The Morgan fingerprint density at radius 3 is 2.44 bits per heavy atom. The van der Waals surface area contributed by atoms with E-state index in [1.54, 1.807) is 37.3 Å². The van der Waals surface area contributed by atoms with E-state index in [0.29, 0.717) is 23.7 Å². The highest BCUT2D eigenvalue weighted by atomic mass is 16.5. The third kappa shape index (κ3) is 3.74. The van der Waals surface area contributed by atoms with Crippen LogP contribution >= 0.6 is 0 Å². The zero-order valence-electron chi connectivity index (χ0n) is 16.0. The molecule has 1 aliphatic heterocycles. The van der Waals surface area contributed by atoms with E-state index in [1.807, 2.05) is 32.0 Å². The van der Waals surface area contributed by atoms with Gasteiger partial charge in [0.15, 0.2) is 0 Å². The first-order valence-corrected chi connectivity index (χ1v) is 8.84. The van der Waals surface area contributed by atoms with Crippen molar-refractivity contribution in [1.82, 2.24) is 0 Å². The topological polar surface area (TPSA) is 67.9 Å². The van der Waals surface area contributed by atoms with E-state index in [1.165, 1.54) is 0 Å². The van der Waals surface area contributed by atoms with E-state index in [-0.39, 0.29) is 18.2 Å². The highest BCUT2D eigenvalue weighted by Gasteiger charge is 2.36. The van der Waals surface area contributed by atoms with Crippen molar-refractivity contribution in [2.24, 2.45) is 5.92 Å². The Bertz CT molecular complexity index is 858. The minimum Gasteiger partial charge on any atom is -0.497 e. The zero-order chi connectivity index (χ0) is 19.6. The number of nitrogens with zero attached hydrogens (tertiary/aromatic N) is 1. The van der Waals surface area contributed by atoms with Crippen molar-refractivity contribution < 1.29 is 19.1 Å². The Labute approximate surface area is 159 Å². The Balaban J connectivity index is 1.78. The lowest BCUT2D eigenvalue weighted by molar-refractivity contribution is -0.122. The Morgan fingerprint density at radius 1 is 1.11 bits per heavy atom. The van der Waals surface area contributed by atoms with E-state index in [0.717, 1.165) is 16.8 Å². The molecular formula is C21H24N2O4. The van der Waals surface area contributed by atoms with E-state index in [2.05, 4.69) is 5.32 Å². The van der Waals surface area contributed by atoms with Crippen LogP contribution in [0, 0.1) is 19.8 Å². The van der Waals surface area contributed by atoms with Gasteiger partial charge in [-0.25, -0.2) is 0 Å². The zero-order valence-corrected chi connectivity index (χ0v) is 16.0. The minimum absolute atomic E-state index is 0.0971. The molecule has 1 aliphatic rings. The number of methoxy groups -OCH3 is 2. The molecule has 2 aromatic rings. The lowest BCUT2D eigenvalue weighted by Crippen LogP contribution is -2.28. The average molecular weight is 368 g/mol. The van der Waals surface area contributed by atoms with Gasteiger partial charge in [0.05, 0.1) is 25.8 Å². The van der Waals surface area contributed by atoms with E-state index >= 15 is 0 Å². The normalized spacial score (nSPS) is 16.4. The van der Waals surface area contributed by atoms with Gasteiger partial charge in [0, 0.05) is 24.7 Å².